The van der Waals surface area contributed by atoms with Crippen LogP contribution in [0, 0.1) is 13.8 Å². The summed E-state index contributed by atoms with van der Waals surface area (Å²) in [5.74, 6) is 0.380. The van der Waals surface area contributed by atoms with E-state index in [1.807, 2.05) is 38.1 Å². The van der Waals surface area contributed by atoms with E-state index in [4.69, 9.17) is 5.73 Å². The Kier molecular flexibility index (Phi) is 5.00. The maximum absolute atomic E-state index is 12.3. The minimum Gasteiger partial charge on any atom is -0.352 e. The van der Waals surface area contributed by atoms with Crippen LogP contribution in [0.25, 0.3) is 0 Å². The van der Waals surface area contributed by atoms with Gasteiger partial charge in [-0.1, -0.05) is 24.3 Å². The van der Waals surface area contributed by atoms with Gasteiger partial charge < -0.3 is 16.4 Å². The van der Waals surface area contributed by atoms with Crippen molar-refractivity contribution in [3.05, 3.63) is 47.2 Å². The molecule has 1 unspecified atom stereocenters. The Morgan fingerprint density at radius 1 is 1.30 bits per heavy atom. The summed E-state index contributed by atoms with van der Waals surface area (Å²) >= 11 is 0. The third-order valence-corrected chi connectivity index (χ3v) is 3.54. The van der Waals surface area contributed by atoms with E-state index < -0.39 is 12.1 Å². The van der Waals surface area contributed by atoms with Crippen LogP contribution in [0.1, 0.15) is 29.3 Å². The smallest absolute Gasteiger partial charge is 0.312 e. The molecule has 2 aromatic rings. The minimum atomic E-state index is -0.664. The zero-order valence-corrected chi connectivity index (χ0v) is 13.5. The van der Waals surface area contributed by atoms with E-state index in [1.54, 1.807) is 17.8 Å². The summed E-state index contributed by atoms with van der Waals surface area (Å²) < 4.78 is 1.59. The molecule has 0 saturated heterocycles. The molecular weight excluding hydrogens is 294 g/mol. The number of nitrogens with two attached hydrogens (primary N) is 1. The van der Waals surface area contributed by atoms with Crippen LogP contribution in [0.5, 0.6) is 0 Å². The third-order valence-electron chi connectivity index (χ3n) is 3.54. The molecule has 122 valence electrons. The van der Waals surface area contributed by atoms with Gasteiger partial charge in [-0.3, -0.25) is 9.48 Å². The number of carbonyl (C=O) groups excluding carboxylic acids is 2. The Hall–Kier alpha value is -2.83. The number of aryl methyl sites for hydroxylation is 3. The first kappa shape index (κ1) is 16.5. The highest BCUT2D eigenvalue weighted by molar-refractivity contribution is 5.90. The van der Waals surface area contributed by atoms with E-state index in [-0.39, 0.29) is 12.3 Å². The summed E-state index contributed by atoms with van der Waals surface area (Å²) in [5.41, 5.74) is 7.90. The second-order valence-electron chi connectivity index (χ2n) is 5.46. The topological polar surface area (TPSA) is 102 Å². The second kappa shape index (κ2) is 6.95. The Morgan fingerprint density at radius 2 is 2.00 bits per heavy atom. The molecule has 3 amide bonds. The van der Waals surface area contributed by atoms with Crippen LogP contribution in [0.3, 0.4) is 0 Å². The van der Waals surface area contributed by atoms with Crippen molar-refractivity contribution in [1.82, 2.24) is 15.1 Å². The molecule has 0 spiro atoms. The molecule has 23 heavy (non-hydrogen) atoms. The molecule has 0 saturated carbocycles. The average molecular weight is 315 g/mol. The highest BCUT2D eigenvalue weighted by atomic mass is 16.2. The van der Waals surface area contributed by atoms with Gasteiger partial charge in [-0.2, -0.15) is 5.10 Å². The van der Waals surface area contributed by atoms with Gasteiger partial charge in [0, 0.05) is 13.1 Å². The van der Waals surface area contributed by atoms with Crippen molar-refractivity contribution in [2.24, 2.45) is 12.8 Å². The van der Waals surface area contributed by atoms with Crippen LogP contribution in [0.4, 0.5) is 10.6 Å². The lowest BCUT2D eigenvalue weighted by atomic mass is 9.98. The zero-order valence-electron chi connectivity index (χ0n) is 13.5. The first-order valence-electron chi connectivity index (χ1n) is 7.29. The van der Waals surface area contributed by atoms with Gasteiger partial charge in [-0.15, -0.1) is 0 Å². The lowest BCUT2D eigenvalue weighted by Gasteiger charge is -2.19. The molecule has 2 rings (SSSR count). The van der Waals surface area contributed by atoms with E-state index in [1.165, 1.54) is 0 Å². The molecule has 0 fully saturated rings. The van der Waals surface area contributed by atoms with Crippen molar-refractivity contribution >= 4 is 17.8 Å². The Balaban J connectivity index is 2.14. The van der Waals surface area contributed by atoms with Gasteiger partial charge in [0.15, 0.2) is 0 Å². The molecule has 7 heteroatoms. The first-order chi connectivity index (χ1) is 10.9. The Labute approximate surface area is 134 Å². The molecule has 0 bridgehead atoms. The summed E-state index contributed by atoms with van der Waals surface area (Å²) in [7, 11) is 1.75. The summed E-state index contributed by atoms with van der Waals surface area (Å²) in [4.78, 5) is 23.6. The fourth-order valence-electron chi connectivity index (χ4n) is 2.50. The SMILES string of the molecule is Cc1cc(NC(=O)CC(NC(N)=O)c2ccccc2C)n(C)n1. The molecular formula is C16H21N5O2. The second-order valence-corrected chi connectivity index (χ2v) is 5.46. The van der Waals surface area contributed by atoms with Crippen LogP contribution >= 0.6 is 0 Å². The van der Waals surface area contributed by atoms with Gasteiger partial charge in [0.2, 0.25) is 5.91 Å². The number of hydrogen-bond donors (Lipinski definition) is 3. The number of nitrogens with zero attached hydrogens (tertiary/aromatic N) is 2. The predicted molar refractivity (Wildman–Crippen MR) is 87.8 cm³/mol. The van der Waals surface area contributed by atoms with E-state index in [0.717, 1.165) is 16.8 Å². The van der Waals surface area contributed by atoms with Gasteiger partial charge in [0.05, 0.1) is 18.2 Å². The number of nitrogens with one attached hydrogen (secondary N) is 2. The van der Waals surface area contributed by atoms with E-state index in [2.05, 4.69) is 15.7 Å². The number of anilines is 1. The Bertz CT molecular complexity index is 723. The monoisotopic (exact) mass is 315 g/mol. The number of primary amides is 1. The molecule has 1 aromatic heterocycles. The highest BCUT2D eigenvalue weighted by Crippen LogP contribution is 2.21. The van der Waals surface area contributed by atoms with E-state index >= 15 is 0 Å². The third kappa shape index (κ3) is 4.32. The number of amides is 3. The van der Waals surface area contributed by atoms with Crippen molar-refractivity contribution in [1.29, 1.82) is 0 Å². The number of benzene rings is 1. The van der Waals surface area contributed by atoms with Gasteiger partial charge in [-0.05, 0) is 25.0 Å². The van der Waals surface area contributed by atoms with Crippen LogP contribution in [0.2, 0.25) is 0 Å². The molecule has 0 radical (unpaired) electrons. The van der Waals surface area contributed by atoms with Crippen LogP contribution in [-0.4, -0.2) is 21.7 Å². The number of aromatic nitrogens is 2. The van der Waals surface area contributed by atoms with Gasteiger partial charge >= 0.3 is 6.03 Å². The average Bonchev–Trinajstić information content (AvgIpc) is 2.76. The van der Waals surface area contributed by atoms with E-state index in [9.17, 15) is 9.59 Å². The number of carbonyl (C=O) groups is 2. The quantitative estimate of drug-likeness (QED) is 0.783. The number of urea groups is 1. The van der Waals surface area contributed by atoms with Crippen molar-refractivity contribution in [2.45, 2.75) is 26.3 Å². The molecule has 7 nitrogen and oxygen atoms in total. The molecule has 1 atom stereocenters. The summed E-state index contributed by atoms with van der Waals surface area (Å²) in [6.45, 7) is 3.77. The molecule has 1 aromatic carbocycles. The van der Waals surface area contributed by atoms with E-state index in [0.29, 0.717) is 5.82 Å². The van der Waals surface area contributed by atoms with Gasteiger partial charge in [0.1, 0.15) is 5.82 Å². The Morgan fingerprint density at radius 3 is 2.57 bits per heavy atom. The normalized spacial score (nSPS) is 11.8. The minimum absolute atomic E-state index is 0.0814. The molecule has 0 aliphatic carbocycles. The van der Waals surface area contributed by atoms with Crippen LogP contribution in [-0.2, 0) is 11.8 Å². The maximum atomic E-state index is 12.3. The number of hydrogen-bond acceptors (Lipinski definition) is 3. The predicted octanol–water partition coefficient (Wildman–Crippen LogP) is 1.78. The zero-order chi connectivity index (χ0) is 17.0. The fraction of sp³-hybridized carbons (Fsp3) is 0.312. The van der Waals surface area contributed by atoms with Crippen LogP contribution < -0.4 is 16.4 Å². The standard InChI is InChI=1S/C16H21N5O2/c1-10-6-4-5-7-12(10)13(18-16(17)23)9-15(22)19-14-8-11(2)20-21(14)3/h4-8,13H,9H2,1-3H3,(H,19,22)(H3,17,18,23). The lowest BCUT2D eigenvalue weighted by molar-refractivity contribution is -0.116. The van der Waals surface area contributed by atoms with Gasteiger partial charge in [-0.25, -0.2) is 4.79 Å². The lowest BCUT2D eigenvalue weighted by Crippen LogP contribution is -2.35. The largest absolute Gasteiger partial charge is 0.352 e. The van der Waals surface area contributed by atoms with Crippen molar-refractivity contribution in [2.75, 3.05) is 5.32 Å². The van der Waals surface area contributed by atoms with Crippen molar-refractivity contribution in [3.8, 4) is 0 Å². The van der Waals surface area contributed by atoms with Crippen LogP contribution in [0.15, 0.2) is 30.3 Å². The molecule has 0 aliphatic rings. The molecule has 4 N–H and O–H groups in total. The van der Waals surface area contributed by atoms with Crippen molar-refractivity contribution in [3.63, 3.8) is 0 Å². The summed E-state index contributed by atoms with van der Waals surface area (Å²) in [6, 6.07) is 8.19. The maximum Gasteiger partial charge on any atom is 0.312 e. The summed E-state index contributed by atoms with van der Waals surface area (Å²) in [6.07, 6.45) is 0.0814. The fourth-order valence-corrected chi connectivity index (χ4v) is 2.50. The molecule has 1 heterocycles. The summed E-state index contributed by atoms with van der Waals surface area (Å²) in [5, 5.41) is 9.60. The van der Waals surface area contributed by atoms with Gasteiger partial charge in [0.25, 0.3) is 0 Å². The molecule has 0 aliphatic heterocycles. The van der Waals surface area contributed by atoms with Crippen molar-refractivity contribution < 1.29 is 9.59 Å². The number of rotatable bonds is 5. The highest BCUT2D eigenvalue weighted by Gasteiger charge is 2.19. The first-order valence-corrected chi connectivity index (χ1v) is 7.29.